The summed E-state index contributed by atoms with van der Waals surface area (Å²) in [5, 5.41) is 2.74. The summed E-state index contributed by atoms with van der Waals surface area (Å²) in [4.78, 5) is 33.6. The van der Waals surface area contributed by atoms with E-state index >= 15 is 0 Å². The third kappa shape index (κ3) is 4.62. The first-order valence-corrected chi connectivity index (χ1v) is 9.40. The predicted octanol–water partition coefficient (Wildman–Crippen LogP) is 4.11. The minimum Gasteiger partial charge on any atom is -0.455 e. The number of pyridine rings is 1. The maximum Gasteiger partial charge on any atom is 0.412 e. The van der Waals surface area contributed by atoms with Crippen molar-refractivity contribution in [2.75, 3.05) is 11.6 Å². The highest BCUT2D eigenvalue weighted by molar-refractivity contribution is 7.98. The fraction of sp³-hybridized carbons (Fsp3) is 0.278. The number of thioether (sulfide) groups is 1. The quantitative estimate of drug-likeness (QED) is 0.580. The molecule has 2 aromatic heterocycles. The lowest BCUT2D eigenvalue weighted by Crippen LogP contribution is -2.27. The van der Waals surface area contributed by atoms with Crippen molar-refractivity contribution in [3.63, 3.8) is 0 Å². The van der Waals surface area contributed by atoms with Crippen LogP contribution in [0.1, 0.15) is 20.8 Å². The molecule has 142 valence electrons. The van der Waals surface area contributed by atoms with Gasteiger partial charge in [-0.05, 0) is 45.2 Å². The highest BCUT2D eigenvalue weighted by atomic mass is 32.2. The van der Waals surface area contributed by atoms with Crippen molar-refractivity contribution >= 4 is 34.7 Å². The number of H-pyrrole nitrogens is 2. The lowest BCUT2D eigenvalue weighted by molar-refractivity contribution is 0.0635. The molecule has 0 bridgehead atoms. The Kier molecular flexibility index (Phi) is 5.13. The second-order valence-corrected chi connectivity index (χ2v) is 7.55. The number of carbonyl (C=O) groups is 1. The molecule has 3 N–H and O–H groups in total. The van der Waals surface area contributed by atoms with Gasteiger partial charge in [-0.1, -0.05) is 0 Å². The van der Waals surface area contributed by atoms with Gasteiger partial charge in [0.05, 0.1) is 5.69 Å². The Labute approximate surface area is 159 Å². The van der Waals surface area contributed by atoms with E-state index in [1.54, 1.807) is 51.2 Å². The Hall–Kier alpha value is -2.94. The Morgan fingerprint density at radius 3 is 2.70 bits per heavy atom. The van der Waals surface area contributed by atoms with Crippen molar-refractivity contribution in [1.29, 1.82) is 0 Å². The van der Waals surface area contributed by atoms with Crippen LogP contribution in [0.4, 0.5) is 10.5 Å². The molecule has 0 saturated carbocycles. The molecule has 0 spiro atoms. The van der Waals surface area contributed by atoms with E-state index in [1.165, 1.54) is 11.8 Å². The number of hydrogen-bond donors (Lipinski definition) is 3. The average Bonchev–Trinajstić information content (AvgIpc) is 2.96. The molecule has 8 nitrogen and oxygen atoms in total. The predicted molar refractivity (Wildman–Crippen MR) is 105 cm³/mol. The fourth-order valence-corrected chi connectivity index (χ4v) is 2.95. The number of rotatable bonds is 4. The van der Waals surface area contributed by atoms with E-state index in [0.717, 1.165) is 4.90 Å². The summed E-state index contributed by atoms with van der Waals surface area (Å²) in [6.45, 7) is 5.42. The van der Waals surface area contributed by atoms with Crippen LogP contribution >= 0.6 is 11.8 Å². The number of imidazole rings is 1. The van der Waals surface area contributed by atoms with Crippen molar-refractivity contribution in [1.82, 2.24) is 15.0 Å². The average molecular weight is 388 g/mol. The molecule has 0 fully saturated rings. The summed E-state index contributed by atoms with van der Waals surface area (Å²) < 4.78 is 11.2. The third-order valence-corrected chi connectivity index (χ3v) is 4.20. The number of amides is 1. The zero-order chi connectivity index (χ0) is 19.6. The maximum absolute atomic E-state index is 12.0. The first kappa shape index (κ1) is 18.8. The lowest BCUT2D eigenvalue weighted by atomic mass is 10.2. The standard InChI is InChI=1S/C18H20N4O4S/c1-18(2,3)26-17(24)20-11-6-5-10(9-13(11)27-4)25-12-7-8-19-15-14(12)21-16(23)22-15/h5-9H,1-4H3,(H,20,24)(H2,19,21,22,23). The molecule has 0 unspecified atom stereocenters. The molecule has 0 aliphatic carbocycles. The molecule has 27 heavy (non-hydrogen) atoms. The molecule has 0 aliphatic rings. The van der Waals surface area contributed by atoms with Crippen LogP contribution in [0.2, 0.25) is 0 Å². The number of nitrogens with zero attached hydrogens (tertiary/aromatic N) is 1. The fourth-order valence-electron chi connectivity index (χ4n) is 2.38. The summed E-state index contributed by atoms with van der Waals surface area (Å²) in [5.41, 5.74) is 0.608. The number of aromatic amines is 2. The van der Waals surface area contributed by atoms with E-state index < -0.39 is 11.7 Å². The number of fused-ring (bicyclic) bond motifs is 1. The van der Waals surface area contributed by atoms with Crippen LogP contribution in [0.5, 0.6) is 11.5 Å². The van der Waals surface area contributed by atoms with Crippen LogP contribution in [0.25, 0.3) is 11.2 Å². The van der Waals surface area contributed by atoms with Crippen molar-refractivity contribution in [2.45, 2.75) is 31.3 Å². The second kappa shape index (κ2) is 7.36. The number of aromatic nitrogens is 3. The summed E-state index contributed by atoms with van der Waals surface area (Å²) in [5.74, 6) is 1.03. The van der Waals surface area contributed by atoms with Gasteiger partial charge in [0.2, 0.25) is 0 Å². The van der Waals surface area contributed by atoms with Gasteiger partial charge >= 0.3 is 11.8 Å². The molecule has 0 atom stereocenters. The Morgan fingerprint density at radius 2 is 2.00 bits per heavy atom. The van der Waals surface area contributed by atoms with E-state index in [0.29, 0.717) is 28.4 Å². The Bertz CT molecular complexity index is 1040. The largest absolute Gasteiger partial charge is 0.455 e. The molecule has 0 radical (unpaired) electrons. The van der Waals surface area contributed by atoms with E-state index in [9.17, 15) is 9.59 Å². The topological polar surface area (TPSA) is 109 Å². The van der Waals surface area contributed by atoms with Gasteiger partial charge in [0.1, 0.15) is 16.9 Å². The molecule has 9 heteroatoms. The number of anilines is 1. The number of benzene rings is 1. The van der Waals surface area contributed by atoms with Crippen molar-refractivity contribution < 1.29 is 14.3 Å². The van der Waals surface area contributed by atoms with E-state index in [4.69, 9.17) is 9.47 Å². The number of carbonyl (C=O) groups excluding carboxylic acids is 1. The van der Waals surface area contributed by atoms with Crippen molar-refractivity contribution in [2.24, 2.45) is 0 Å². The van der Waals surface area contributed by atoms with Crippen LogP contribution < -0.4 is 15.7 Å². The normalized spacial score (nSPS) is 11.4. The molecule has 1 aromatic carbocycles. The van der Waals surface area contributed by atoms with Gasteiger partial charge in [-0.3, -0.25) is 10.3 Å². The van der Waals surface area contributed by atoms with E-state index in [1.807, 2.05) is 6.26 Å². The van der Waals surface area contributed by atoms with Crippen LogP contribution in [0.15, 0.2) is 40.2 Å². The van der Waals surface area contributed by atoms with Gasteiger partial charge in [-0.25, -0.2) is 14.6 Å². The monoisotopic (exact) mass is 388 g/mol. The number of nitrogens with one attached hydrogen (secondary N) is 3. The first-order chi connectivity index (χ1) is 12.7. The molecular weight excluding hydrogens is 368 g/mol. The Morgan fingerprint density at radius 1 is 1.22 bits per heavy atom. The van der Waals surface area contributed by atoms with Gasteiger partial charge in [0, 0.05) is 17.2 Å². The van der Waals surface area contributed by atoms with Gasteiger partial charge in [-0.15, -0.1) is 11.8 Å². The first-order valence-electron chi connectivity index (χ1n) is 8.18. The van der Waals surface area contributed by atoms with Crippen LogP contribution in [0, 0.1) is 0 Å². The van der Waals surface area contributed by atoms with Gasteiger partial charge in [0.25, 0.3) is 0 Å². The molecular formula is C18H20N4O4S. The zero-order valence-corrected chi connectivity index (χ0v) is 16.2. The van der Waals surface area contributed by atoms with Crippen LogP contribution in [-0.4, -0.2) is 32.9 Å². The van der Waals surface area contributed by atoms with E-state index in [-0.39, 0.29) is 5.69 Å². The summed E-state index contributed by atoms with van der Waals surface area (Å²) in [6.07, 6.45) is 2.93. The van der Waals surface area contributed by atoms with E-state index in [2.05, 4.69) is 20.3 Å². The smallest absolute Gasteiger partial charge is 0.412 e. The van der Waals surface area contributed by atoms with Crippen LogP contribution in [-0.2, 0) is 4.74 Å². The highest BCUT2D eigenvalue weighted by Crippen LogP contribution is 2.33. The molecule has 3 aromatic rings. The minimum absolute atomic E-state index is 0.352. The van der Waals surface area contributed by atoms with Crippen molar-refractivity contribution in [3.05, 3.63) is 40.9 Å². The molecule has 1 amide bonds. The second-order valence-electron chi connectivity index (χ2n) is 6.70. The molecule has 2 heterocycles. The lowest BCUT2D eigenvalue weighted by Gasteiger charge is -2.20. The molecule has 0 aliphatic heterocycles. The number of hydrogen-bond acceptors (Lipinski definition) is 6. The Balaban J connectivity index is 1.83. The maximum atomic E-state index is 12.0. The molecule has 3 rings (SSSR count). The third-order valence-electron chi connectivity index (χ3n) is 3.42. The van der Waals surface area contributed by atoms with Crippen LogP contribution in [0.3, 0.4) is 0 Å². The summed E-state index contributed by atoms with van der Waals surface area (Å²) in [6, 6.07) is 6.93. The zero-order valence-electron chi connectivity index (χ0n) is 15.4. The highest BCUT2D eigenvalue weighted by Gasteiger charge is 2.17. The number of ether oxygens (including phenoxy) is 2. The van der Waals surface area contributed by atoms with Gasteiger partial charge < -0.3 is 14.5 Å². The molecule has 0 saturated heterocycles. The SMILES string of the molecule is CSc1cc(Oc2ccnc3[nH]c(=O)[nH]c23)ccc1NC(=O)OC(C)(C)C. The minimum atomic E-state index is -0.577. The summed E-state index contributed by atoms with van der Waals surface area (Å²) >= 11 is 1.46. The van der Waals surface area contributed by atoms with Gasteiger partial charge in [0.15, 0.2) is 11.4 Å². The summed E-state index contributed by atoms with van der Waals surface area (Å²) in [7, 11) is 0. The van der Waals surface area contributed by atoms with Crippen molar-refractivity contribution in [3.8, 4) is 11.5 Å². The van der Waals surface area contributed by atoms with Gasteiger partial charge in [-0.2, -0.15) is 0 Å².